The van der Waals surface area contributed by atoms with Gasteiger partial charge >= 0.3 is 6.09 Å². The quantitative estimate of drug-likeness (QED) is 0.473. The number of benzene rings is 2. The molecule has 0 radical (unpaired) electrons. The molecular formula is C22H27N3O5. The Morgan fingerprint density at radius 2 is 1.63 bits per heavy atom. The fraction of sp³-hybridized carbons (Fsp3) is 0.318. The highest BCUT2D eigenvalue weighted by molar-refractivity contribution is 5.90. The first kappa shape index (κ1) is 22.7. The van der Waals surface area contributed by atoms with Gasteiger partial charge in [-0.2, -0.15) is 0 Å². The molecule has 8 heteroatoms. The van der Waals surface area contributed by atoms with Crippen LogP contribution in [-0.2, 0) is 27.4 Å². The van der Waals surface area contributed by atoms with Crippen molar-refractivity contribution >= 4 is 17.9 Å². The van der Waals surface area contributed by atoms with Crippen LogP contribution in [-0.4, -0.2) is 35.1 Å². The summed E-state index contributed by atoms with van der Waals surface area (Å²) in [5.74, 6) is -1.12. The van der Waals surface area contributed by atoms with Crippen LogP contribution in [0.2, 0.25) is 0 Å². The van der Waals surface area contributed by atoms with Gasteiger partial charge in [0.05, 0.1) is 0 Å². The van der Waals surface area contributed by atoms with Crippen LogP contribution >= 0.6 is 0 Å². The van der Waals surface area contributed by atoms with Crippen molar-refractivity contribution in [3.05, 3.63) is 65.7 Å². The van der Waals surface area contributed by atoms with Crippen LogP contribution in [0.1, 0.15) is 30.9 Å². The lowest BCUT2D eigenvalue weighted by molar-refractivity contribution is -0.128. The number of carbonyl (C=O) groups excluding carboxylic acids is 3. The molecule has 0 aliphatic heterocycles. The molecular weight excluding hydrogens is 386 g/mol. The van der Waals surface area contributed by atoms with E-state index in [1.807, 2.05) is 37.3 Å². The number of phenols is 1. The largest absolute Gasteiger partial charge is 0.508 e. The molecule has 0 aliphatic carbocycles. The number of amides is 3. The number of hydrogen-bond donors (Lipinski definition) is 4. The van der Waals surface area contributed by atoms with E-state index in [1.54, 1.807) is 12.1 Å². The van der Waals surface area contributed by atoms with Crippen molar-refractivity contribution in [1.29, 1.82) is 0 Å². The number of phenolic OH excluding ortho intramolecular Hbond substituents is 1. The van der Waals surface area contributed by atoms with Crippen LogP contribution in [0.25, 0.3) is 0 Å². The fourth-order valence-electron chi connectivity index (χ4n) is 2.83. The summed E-state index contributed by atoms with van der Waals surface area (Å²) in [7, 11) is 0. The maximum atomic E-state index is 12.7. The average molecular weight is 413 g/mol. The van der Waals surface area contributed by atoms with Gasteiger partial charge in [-0.15, -0.1) is 0 Å². The van der Waals surface area contributed by atoms with E-state index in [0.717, 1.165) is 11.1 Å². The molecule has 2 aromatic rings. The first-order chi connectivity index (χ1) is 14.4. The van der Waals surface area contributed by atoms with E-state index >= 15 is 0 Å². The maximum absolute atomic E-state index is 12.7. The number of alkyl carbamates (subject to hydrolysis) is 1. The third-order valence-electron chi connectivity index (χ3n) is 4.43. The van der Waals surface area contributed by atoms with Crippen molar-refractivity contribution in [2.24, 2.45) is 5.73 Å². The summed E-state index contributed by atoms with van der Waals surface area (Å²) < 4.78 is 5.17. The zero-order valence-corrected chi connectivity index (χ0v) is 16.8. The van der Waals surface area contributed by atoms with E-state index in [9.17, 15) is 19.5 Å². The van der Waals surface area contributed by atoms with Crippen molar-refractivity contribution in [1.82, 2.24) is 10.6 Å². The summed E-state index contributed by atoms with van der Waals surface area (Å²) in [6.45, 7) is 1.96. The standard InChI is InChI=1S/C22H27N3O5/c1-2-6-18(25-22(29)30-14-16-7-4-3-5-8-16)21(28)24-19(20(23)27)13-15-9-11-17(26)12-10-15/h3-5,7-12,18-19,26H,2,6,13-14H2,1H3,(H2,23,27)(H,24,28)(H,25,29)/t18-,19+/m1/s1. The van der Waals surface area contributed by atoms with Gasteiger partial charge in [0.25, 0.3) is 0 Å². The van der Waals surface area contributed by atoms with Crippen LogP contribution < -0.4 is 16.4 Å². The molecule has 0 fully saturated rings. The topological polar surface area (TPSA) is 131 Å². The average Bonchev–Trinajstić information content (AvgIpc) is 2.73. The Morgan fingerprint density at radius 3 is 2.23 bits per heavy atom. The lowest BCUT2D eigenvalue weighted by Crippen LogP contribution is -2.53. The van der Waals surface area contributed by atoms with Gasteiger partial charge in [-0.25, -0.2) is 4.79 Å². The van der Waals surface area contributed by atoms with Gasteiger partial charge < -0.3 is 26.2 Å². The molecule has 2 aromatic carbocycles. The first-order valence-electron chi connectivity index (χ1n) is 9.73. The summed E-state index contributed by atoms with van der Waals surface area (Å²) in [6.07, 6.45) is 0.452. The second kappa shape index (κ2) is 11.5. The number of rotatable bonds is 10. The van der Waals surface area contributed by atoms with Gasteiger partial charge in [0, 0.05) is 6.42 Å². The van der Waals surface area contributed by atoms with Crippen LogP contribution in [0.5, 0.6) is 5.75 Å². The number of ether oxygens (including phenoxy) is 1. The van der Waals surface area contributed by atoms with Crippen LogP contribution in [0.15, 0.2) is 54.6 Å². The molecule has 0 heterocycles. The highest BCUT2D eigenvalue weighted by atomic mass is 16.5. The lowest BCUT2D eigenvalue weighted by atomic mass is 10.0. The molecule has 0 spiro atoms. The van der Waals surface area contributed by atoms with Crippen LogP contribution in [0.3, 0.4) is 0 Å². The van der Waals surface area contributed by atoms with E-state index in [1.165, 1.54) is 12.1 Å². The molecule has 0 aromatic heterocycles. The lowest BCUT2D eigenvalue weighted by Gasteiger charge is -2.21. The van der Waals surface area contributed by atoms with Gasteiger partial charge in [-0.3, -0.25) is 9.59 Å². The molecule has 8 nitrogen and oxygen atoms in total. The van der Waals surface area contributed by atoms with Gasteiger partial charge in [-0.1, -0.05) is 55.8 Å². The van der Waals surface area contributed by atoms with Gasteiger partial charge in [0.15, 0.2) is 0 Å². The Kier molecular flexibility index (Phi) is 8.68. The number of primary amides is 1. The zero-order valence-electron chi connectivity index (χ0n) is 16.8. The predicted octanol–water partition coefficient (Wildman–Crippen LogP) is 2.00. The Morgan fingerprint density at radius 1 is 0.967 bits per heavy atom. The van der Waals surface area contributed by atoms with E-state index in [4.69, 9.17) is 10.5 Å². The molecule has 0 bridgehead atoms. The molecule has 160 valence electrons. The summed E-state index contributed by atoms with van der Waals surface area (Å²) in [5, 5.41) is 14.5. The number of hydrogen-bond acceptors (Lipinski definition) is 5. The van der Waals surface area contributed by atoms with Crippen molar-refractivity contribution < 1.29 is 24.2 Å². The highest BCUT2D eigenvalue weighted by Crippen LogP contribution is 2.11. The second-order valence-corrected chi connectivity index (χ2v) is 6.88. The zero-order chi connectivity index (χ0) is 21.9. The van der Waals surface area contributed by atoms with Gasteiger partial charge in [-0.05, 0) is 29.7 Å². The van der Waals surface area contributed by atoms with Crippen molar-refractivity contribution in [3.63, 3.8) is 0 Å². The molecule has 0 aliphatic rings. The molecule has 5 N–H and O–H groups in total. The Labute approximate surface area is 175 Å². The summed E-state index contributed by atoms with van der Waals surface area (Å²) in [5.41, 5.74) is 6.98. The molecule has 2 rings (SSSR count). The predicted molar refractivity (Wildman–Crippen MR) is 111 cm³/mol. The van der Waals surface area contributed by atoms with E-state index in [0.29, 0.717) is 12.8 Å². The maximum Gasteiger partial charge on any atom is 0.408 e. The molecule has 0 saturated carbocycles. The van der Waals surface area contributed by atoms with E-state index in [2.05, 4.69) is 10.6 Å². The first-order valence-corrected chi connectivity index (χ1v) is 9.73. The van der Waals surface area contributed by atoms with E-state index in [-0.39, 0.29) is 18.8 Å². The minimum Gasteiger partial charge on any atom is -0.508 e. The van der Waals surface area contributed by atoms with Gasteiger partial charge in [0.1, 0.15) is 24.4 Å². The molecule has 3 amide bonds. The molecule has 30 heavy (non-hydrogen) atoms. The monoisotopic (exact) mass is 413 g/mol. The second-order valence-electron chi connectivity index (χ2n) is 6.88. The fourth-order valence-corrected chi connectivity index (χ4v) is 2.83. The third-order valence-corrected chi connectivity index (χ3v) is 4.43. The van der Waals surface area contributed by atoms with Crippen molar-refractivity contribution in [2.45, 2.75) is 44.9 Å². The Bertz CT molecular complexity index is 840. The number of aromatic hydroxyl groups is 1. The smallest absolute Gasteiger partial charge is 0.408 e. The van der Waals surface area contributed by atoms with Crippen LogP contribution in [0, 0.1) is 0 Å². The van der Waals surface area contributed by atoms with Crippen LogP contribution in [0.4, 0.5) is 4.79 Å². The third kappa shape index (κ3) is 7.46. The molecule has 2 atom stereocenters. The Balaban J connectivity index is 1.95. The summed E-state index contributed by atoms with van der Waals surface area (Å²) in [6, 6.07) is 13.6. The number of nitrogens with one attached hydrogen (secondary N) is 2. The van der Waals surface area contributed by atoms with Gasteiger partial charge in [0.2, 0.25) is 11.8 Å². The van der Waals surface area contributed by atoms with Crippen molar-refractivity contribution in [3.8, 4) is 5.75 Å². The van der Waals surface area contributed by atoms with E-state index < -0.39 is 30.0 Å². The van der Waals surface area contributed by atoms with Crippen molar-refractivity contribution in [2.75, 3.05) is 0 Å². The minimum absolute atomic E-state index is 0.0813. The number of carbonyl (C=O) groups is 3. The molecule has 0 unspecified atom stereocenters. The molecule has 0 saturated heterocycles. The summed E-state index contributed by atoms with van der Waals surface area (Å²) in [4.78, 5) is 36.6. The Hall–Kier alpha value is -3.55. The number of nitrogens with two attached hydrogens (primary N) is 1. The normalized spacial score (nSPS) is 12.4. The minimum atomic E-state index is -0.955. The summed E-state index contributed by atoms with van der Waals surface area (Å²) >= 11 is 0. The SMILES string of the molecule is CCC[C@@H](NC(=O)OCc1ccccc1)C(=O)N[C@@H](Cc1ccc(O)cc1)C(N)=O. The highest BCUT2D eigenvalue weighted by Gasteiger charge is 2.25.